The van der Waals surface area contributed by atoms with Gasteiger partial charge in [-0.1, -0.05) is 13.8 Å². The summed E-state index contributed by atoms with van der Waals surface area (Å²) < 4.78 is 38.5. The largest absolute Gasteiger partial charge is 0.416 e. The van der Waals surface area contributed by atoms with Crippen molar-refractivity contribution in [1.29, 1.82) is 0 Å². The number of hydrogen-bond acceptors (Lipinski definition) is 3. The van der Waals surface area contributed by atoms with Crippen LogP contribution in [0.3, 0.4) is 0 Å². The predicted molar refractivity (Wildman–Crippen MR) is 69.4 cm³/mol. The molecule has 2 rings (SSSR count). The van der Waals surface area contributed by atoms with E-state index in [0.717, 1.165) is 31.6 Å². The number of rotatable bonds is 2. The van der Waals surface area contributed by atoms with Gasteiger partial charge in [-0.25, -0.2) is 4.98 Å². The number of alkyl halides is 3. The van der Waals surface area contributed by atoms with E-state index in [4.69, 9.17) is 0 Å². The summed E-state index contributed by atoms with van der Waals surface area (Å²) in [6, 6.07) is 2.16. The first-order valence-electron chi connectivity index (χ1n) is 6.23. The molecule has 0 amide bonds. The van der Waals surface area contributed by atoms with E-state index in [1.54, 1.807) is 7.05 Å². The van der Waals surface area contributed by atoms with Crippen molar-refractivity contribution in [1.82, 2.24) is 4.98 Å². The maximum atomic E-state index is 12.8. The van der Waals surface area contributed by atoms with Crippen LogP contribution >= 0.6 is 0 Å². The van der Waals surface area contributed by atoms with Gasteiger partial charge in [-0.15, -0.1) is 0 Å². The lowest BCUT2D eigenvalue weighted by atomic mass is 9.93. The van der Waals surface area contributed by atoms with Gasteiger partial charge >= 0.3 is 6.18 Å². The first kappa shape index (κ1) is 14.0. The molecule has 1 aromatic rings. The van der Waals surface area contributed by atoms with Crippen LogP contribution in [0.5, 0.6) is 0 Å². The number of aromatic nitrogens is 1. The minimum Gasteiger partial charge on any atom is -0.373 e. The molecule has 19 heavy (non-hydrogen) atoms. The molecule has 0 unspecified atom stereocenters. The van der Waals surface area contributed by atoms with Crippen molar-refractivity contribution >= 4 is 11.6 Å². The Morgan fingerprint density at radius 1 is 1.32 bits per heavy atom. The second kappa shape index (κ2) is 4.58. The molecule has 0 spiro atoms. The third kappa shape index (κ3) is 3.11. The second-order valence-corrected chi connectivity index (χ2v) is 5.68. The Bertz CT molecular complexity index is 469. The van der Waals surface area contributed by atoms with Gasteiger partial charge in [0, 0.05) is 20.1 Å². The quantitative estimate of drug-likeness (QED) is 0.895. The molecule has 0 saturated carbocycles. The van der Waals surface area contributed by atoms with Gasteiger partial charge in [0.15, 0.2) is 0 Å². The van der Waals surface area contributed by atoms with Crippen LogP contribution in [-0.4, -0.2) is 25.1 Å². The van der Waals surface area contributed by atoms with E-state index in [9.17, 15) is 13.2 Å². The fourth-order valence-electron chi connectivity index (χ4n) is 2.28. The number of hydrogen-bond donors (Lipinski definition) is 1. The fraction of sp³-hybridized carbons (Fsp3) is 0.615. The molecular weight excluding hydrogens is 255 g/mol. The molecule has 106 valence electrons. The lowest BCUT2D eigenvalue weighted by Crippen LogP contribution is -2.24. The van der Waals surface area contributed by atoms with E-state index in [-0.39, 0.29) is 11.2 Å². The lowest BCUT2D eigenvalue weighted by Gasteiger charge is -2.22. The molecule has 1 fully saturated rings. The maximum Gasteiger partial charge on any atom is 0.416 e. The maximum absolute atomic E-state index is 12.8. The van der Waals surface area contributed by atoms with Crippen LogP contribution in [0.2, 0.25) is 0 Å². The smallest absolute Gasteiger partial charge is 0.373 e. The molecule has 3 nitrogen and oxygen atoms in total. The van der Waals surface area contributed by atoms with E-state index in [2.05, 4.69) is 24.1 Å². The summed E-state index contributed by atoms with van der Waals surface area (Å²) in [4.78, 5) is 6.14. The molecule has 0 aliphatic carbocycles. The van der Waals surface area contributed by atoms with Crippen LogP contribution in [-0.2, 0) is 6.18 Å². The van der Waals surface area contributed by atoms with Gasteiger partial charge in [0.1, 0.15) is 11.6 Å². The van der Waals surface area contributed by atoms with Crippen molar-refractivity contribution in [3.05, 3.63) is 17.7 Å². The molecular formula is C13H18F3N3. The van der Waals surface area contributed by atoms with Gasteiger partial charge in [-0.3, -0.25) is 0 Å². The summed E-state index contributed by atoms with van der Waals surface area (Å²) in [6.45, 7) is 5.69. The minimum atomic E-state index is -4.35. The molecule has 0 aromatic carbocycles. The first-order valence-corrected chi connectivity index (χ1v) is 6.23. The fourth-order valence-corrected chi connectivity index (χ4v) is 2.28. The van der Waals surface area contributed by atoms with Crippen molar-refractivity contribution in [2.24, 2.45) is 5.41 Å². The summed E-state index contributed by atoms with van der Waals surface area (Å²) in [7, 11) is 1.57. The van der Waals surface area contributed by atoms with Crippen LogP contribution in [0.15, 0.2) is 12.1 Å². The van der Waals surface area contributed by atoms with Gasteiger partial charge < -0.3 is 10.2 Å². The molecule has 1 aliphatic heterocycles. The van der Waals surface area contributed by atoms with E-state index < -0.39 is 11.7 Å². The van der Waals surface area contributed by atoms with Crippen LogP contribution in [0.25, 0.3) is 0 Å². The van der Waals surface area contributed by atoms with Gasteiger partial charge in [-0.2, -0.15) is 13.2 Å². The highest BCUT2D eigenvalue weighted by atomic mass is 19.4. The number of nitrogens with zero attached hydrogens (tertiary/aromatic N) is 2. The minimum absolute atomic E-state index is 0.121. The highest BCUT2D eigenvalue weighted by Gasteiger charge is 2.34. The zero-order chi connectivity index (χ0) is 14.3. The number of halogens is 3. The highest BCUT2D eigenvalue weighted by Crippen LogP contribution is 2.36. The van der Waals surface area contributed by atoms with Gasteiger partial charge in [0.2, 0.25) is 0 Å². The van der Waals surface area contributed by atoms with Crippen LogP contribution in [0.1, 0.15) is 25.8 Å². The van der Waals surface area contributed by atoms with Crippen LogP contribution in [0, 0.1) is 5.41 Å². The van der Waals surface area contributed by atoms with Crippen molar-refractivity contribution in [3.63, 3.8) is 0 Å². The summed E-state index contributed by atoms with van der Waals surface area (Å²) in [5.74, 6) is 0.638. The van der Waals surface area contributed by atoms with Gasteiger partial charge in [-0.05, 0) is 24.0 Å². The van der Waals surface area contributed by atoms with Crippen molar-refractivity contribution in [2.75, 3.05) is 30.4 Å². The molecule has 1 saturated heterocycles. The molecule has 1 aromatic heterocycles. The third-order valence-electron chi connectivity index (χ3n) is 3.40. The molecule has 0 bridgehead atoms. The Hall–Kier alpha value is -1.46. The molecule has 6 heteroatoms. The van der Waals surface area contributed by atoms with E-state index in [0.29, 0.717) is 5.82 Å². The molecule has 0 atom stereocenters. The summed E-state index contributed by atoms with van der Waals surface area (Å²) in [6.07, 6.45) is -3.39. The van der Waals surface area contributed by atoms with E-state index in [1.165, 1.54) is 0 Å². The molecule has 1 aliphatic rings. The van der Waals surface area contributed by atoms with E-state index in [1.807, 2.05) is 4.90 Å². The Morgan fingerprint density at radius 2 is 2.00 bits per heavy atom. The molecule has 1 N–H and O–H groups in total. The normalized spacial score (nSPS) is 18.7. The Balaban J connectivity index is 2.35. The Kier molecular flexibility index (Phi) is 3.36. The number of anilines is 2. The number of pyridine rings is 1. The monoisotopic (exact) mass is 273 g/mol. The third-order valence-corrected chi connectivity index (χ3v) is 3.40. The van der Waals surface area contributed by atoms with Crippen molar-refractivity contribution in [2.45, 2.75) is 26.4 Å². The lowest BCUT2D eigenvalue weighted by molar-refractivity contribution is -0.137. The zero-order valence-electron chi connectivity index (χ0n) is 11.3. The Morgan fingerprint density at radius 3 is 2.47 bits per heavy atom. The standard InChI is InChI=1S/C13H18F3N3/c1-12(2)4-5-19(8-12)11-7-9(13(14,15)16)6-10(17-3)18-11/h6-7H,4-5,8H2,1-3H3,(H,17,18). The first-order chi connectivity index (χ1) is 8.71. The number of nitrogens with one attached hydrogen (secondary N) is 1. The topological polar surface area (TPSA) is 28.2 Å². The Labute approximate surface area is 110 Å². The van der Waals surface area contributed by atoms with Gasteiger partial charge in [0.25, 0.3) is 0 Å². The average molecular weight is 273 g/mol. The SMILES string of the molecule is CNc1cc(C(F)(F)F)cc(N2CCC(C)(C)C2)n1. The van der Waals surface area contributed by atoms with Crippen molar-refractivity contribution in [3.8, 4) is 0 Å². The zero-order valence-corrected chi connectivity index (χ0v) is 11.3. The van der Waals surface area contributed by atoms with Crippen molar-refractivity contribution < 1.29 is 13.2 Å². The summed E-state index contributed by atoms with van der Waals surface area (Å²) in [5.41, 5.74) is -0.540. The van der Waals surface area contributed by atoms with E-state index >= 15 is 0 Å². The van der Waals surface area contributed by atoms with Gasteiger partial charge in [0.05, 0.1) is 5.56 Å². The highest BCUT2D eigenvalue weighted by molar-refractivity contribution is 5.51. The average Bonchev–Trinajstić information content (AvgIpc) is 2.68. The molecule has 0 radical (unpaired) electrons. The summed E-state index contributed by atoms with van der Waals surface area (Å²) >= 11 is 0. The predicted octanol–water partition coefficient (Wildman–Crippen LogP) is 3.38. The summed E-state index contributed by atoms with van der Waals surface area (Å²) in [5, 5.41) is 2.69. The second-order valence-electron chi connectivity index (χ2n) is 5.68. The van der Waals surface area contributed by atoms with Crippen LogP contribution in [0.4, 0.5) is 24.8 Å². The molecule has 2 heterocycles. The van der Waals surface area contributed by atoms with Crippen LogP contribution < -0.4 is 10.2 Å².